The standard InChI is InChI=1S/C10H9IN4/c1-3-4-15-5-7(11)8-9(12)13-6(2)14-10(8)15/h1,5H,4H2,2H3,(H2,12,13,14). The van der Waals surface area contributed by atoms with Gasteiger partial charge in [0.15, 0.2) is 0 Å². The molecule has 0 bridgehead atoms. The van der Waals surface area contributed by atoms with Crippen molar-refractivity contribution in [2.45, 2.75) is 13.5 Å². The number of fused-ring (bicyclic) bond motifs is 1. The van der Waals surface area contributed by atoms with Gasteiger partial charge in [0.1, 0.15) is 17.3 Å². The number of aryl methyl sites for hydroxylation is 1. The van der Waals surface area contributed by atoms with Crippen LogP contribution in [-0.4, -0.2) is 14.5 Å². The molecule has 2 heterocycles. The van der Waals surface area contributed by atoms with Gasteiger partial charge < -0.3 is 10.3 Å². The highest BCUT2D eigenvalue weighted by molar-refractivity contribution is 14.1. The molecule has 76 valence electrons. The van der Waals surface area contributed by atoms with Crippen LogP contribution in [0.2, 0.25) is 0 Å². The van der Waals surface area contributed by atoms with Gasteiger partial charge >= 0.3 is 0 Å². The van der Waals surface area contributed by atoms with Crippen molar-refractivity contribution in [3.05, 3.63) is 15.6 Å². The van der Waals surface area contributed by atoms with Crippen LogP contribution in [0.1, 0.15) is 5.82 Å². The molecule has 2 rings (SSSR count). The van der Waals surface area contributed by atoms with E-state index >= 15 is 0 Å². The van der Waals surface area contributed by atoms with Gasteiger partial charge in [-0.1, -0.05) is 5.92 Å². The number of terminal acetylenes is 1. The van der Waals surface area contributed by atoms with Gasteiger partial charge in [-0.05, 0) is 29.5 Å². The second-order valence-corrected chi connectivity index (χ2v) is 4.33. The van der Waals surface area contributed by atoms with Gasteiger partial charge in [-0.3, -0.25) is 0 Å². The molecule has 2 aromatic heterocycles. The molecular weight excluding hydrogens is 303 g/mol. The highest BCUT2D eigenvalue weighted by atomic mass is 127. The first kappa shape index (κ1) is 10.2. The van der Waals surface area contributed by atoms with E-state index in [2.05, 4.69) is 38.5 Å². The molecule has 0 amide bonds. The minimum absolute atomic E-state index is 0.495. The van der Waals surface area contributed by atoms with Crippen molar-refractivity contribution in [3.63, 3.8) is 0 Å². The lowest BCUT2D eigenvalue weighted by Crippen LogP contribution is -2.00. The van der Waals surface area contributed by atoms with Gasteiger partial charge in [-0.15, -0.1) is 6.42 Å². The maximum absolute atomic E-state index is 5.85. The van der Waals surface area contributed by atoms with E-state index in [1.54, 1.807) is 0 Å². The van der Waals surface area contributed by atoms with Crippen molar-refractivity contribution < 1.29 is 0 Å². The summed E-state index contributed by atoms with van der Waals surface area (Å²) in [4.78, 5) is 8.48. The molecule has 0 fully saturated rings. The summed E-state index contributed by atoms with van der Waals surface area (Å²) in [6, 6.07) is 0. The van der Waals surface area contributed by atoms with Gasteiger partial charge in [0.05, 0.1) is 11.9 Å². The van der Waals surface area contributed by atoms with E-state index in [4.69, 9.17) is 12.2 Å². The fourth-order valence-corrected chi connectivity index (χ4v) is 2.35. The Morgan fingerprint density at radius 3 is 3.00 bits per heavy atom. The van der Waals surface area contributed by atoms with Crippen molar-refractivity contribution in [1.82, 2.24) is 14.5 Å². The first-order valence-corrected chi connectivity index (χ1v) is 5.43. The van der Waals surface area contributed by atoms with Crippen molar-refractivity contribution in [1.29, 1.82) is 0 Å². The monoisotopic (exact) mass is 312 g/mol. The molecule has 0 saturated heterocycles. The Bertz CT molecular complexity index is 565. The molecule has 5 heteroatoms. The fourth-order valence-electron chi connectivity index (χ4n) is 1.50. The number of halogens is 1. The van der Waals surface area contributed by atoms with Crippen molar-refractivity contribution >= 4 is 39.4 Å². The largest absolute Gasteiger partial charge is 0.383 e. The maximum Gasteiger partial charge on any atom is 0.147 e. The zero-order valence-electron chi connectivity index (χ0n) is 8.16. The average molecular weight is 312 g/mol. The number of hydrogen-bond donors (Lipinski definition) is 1. The predicted octanol–water partition coefficient (Wildman–Crippen LogP) is 1.56. The zero-order chi connectivity index (χ0) is 11.0. The summed E-state index contributed by atoms with van der Waals surface area (Å²) in [7, 11) is 0. The molecule has 2 N–H and O–H groups in total. The van der Waals surface area contributed by atoms with Gasteiger partial charge in [0.25, 0.3) is 0 Å². The Morgan fingerprint density at radius 2 is 2.33 bits per heavy atom. The Hall–Kier alpha value is -1.29. The molecule has 0 spiro atoms. The van der Waals surface area contributed by atoms with Crippen molar-refractivity contribution in [3.8, 4) is 12.3 Å². The number of nitrogens with two attached hydrogens (primary N) is 1. The van der Waals surface area contributed by atoms with Crippen molar-refractivity contribution in [2.24, 2.45) is 0 Å². The topological polar surface area (TPSA) is 56.7 Å². The quantitative estimate of drug-likeness (QED) is 0.642. The molecule has 0 saturated carbocycles. The van der Waals surface area contributed by atoms with E-state index in [0.29, 0.717) is 18.2 Å². The fraction of sp³-hybridized carbons (Fsp3) is 0.200. The molecule has 0 unspecified atom stereocenters. The molecule has 0 aliphatic rings. The van der Waals surface area contributed by atoms with Crippen LogP contribution < -0.4 is 5.73 Å². The Balaban J connectivity index is 2.82. The molecule has 0 aromatic carbocycles. The predicted molar refractivity (Wildman–Crippen MR) is 68.2 cm³/mol. The summed E-state index contributed by atoms with van der Waals surface area (Å²) in [6.07, 6.45) is 7.23. The Morgan fingerprint density at radius 1 is 1.60 bits per heavy atom. The Labute approximate surface area is 101 Å². The van der Waals surface area contributed by atoms with E-state index in [-0.39, 0.29) is 0 Å². The molecule has 2 aromatic rings. The number of anilines is 1. The SMILES string of the molecule is C#CCn1cc(I)c2c(N)nc(C)nc21. The highest BCUT2D eigenvalue weighted by Crippen LogP contribution is 2.25. The third-order valence-electron chi connectivity index (χ3n) is 2.07. The van der Waals surface area contributed by atoms with E-state index < -0.39 is 0 Å². The van der Waals surface area contributed by atoms with Crippen LogP contribution in [0.3, 0.4) is 0 Å². The second kappa shape index (κ2) is 3.70. The summed E-state index contributed by atoms with van der Waals surface area (Å²) in [5.41, 5.74) is 6.65. The van der Waals surface area contributed by atoms with Gasteiger partial charge in [-0.2, -0.15) is 0 Å². The summed E-state index contributed by atoms with van der Waals surface area (Å²) in [5.74, 6) is 3.76. The summed E-state index contributed by atoms with van der Waals surface area (Å²) >= 11 is 2.21. The molecule has 0 radical (unpaired) electrons. The Kier molecular flexibility index (Phi) is 2.52. The first-order chi connectivity index (χ1) is 7.13. The van der Waals surface area contributed by atoms with E-state index in [9.17, 15) is 0 Å². The van der Waals surface area contributed by atoms with Crippen LogP contribution in [0, 0.1) is 22.8 Å². The summed E-state index contributed by atoms with van der Waals surface area (Å²) < 4.78 is 2.93. The van der Waals surface area contributed by atoms with Crippen LogP contribution in [0.5, 0.6) is 0 Å². The molecule has 0 aliphatic carbocycles. The van der Waals surface area contributed by atoms with Crippen molar-refractivity contribution in [2.75, 3.05) is 5.73 Å². The first-order valence-electron chi connectivity index (χ1n) is 4.35. The van der Waals surface area contributed by atoms with Gasteiger partial charge in [0.2, 0.25) is 0 Å². The van der Waals surface area contributed by atoms with Gasteiger partial charge in [-0.25, -0.2) is 9.97 Å². The normalized spacial score (nSPS) is 10.5. The van der Waals surface area contributed by atoms with Crippen LogP contribution in [0.4, 0.5) is 5.82 Å². The number of hydrogen-bond acceptors (Lipinski definition) is 3. The lowest BCUT2D eigenvalue weighted by Gasteiger charge is -2.01. The number of nitrogens with zero attached hydrogens (tertiary/aromatic N) is 3. The molecule has 0 atom stereocenters. The third-order valence-corrected chi connectivity index (χ3v) is 2.89. The minimum atomic E-state index is 0.495. The lowest BCUT2D eigenvalue weighted by molar-refractivity contribution is 0.862. The lowest BCUT2D eigenvalue weighted by atomic mass is 10.4. The molecular formula is C10H9IN4. The average Bonchev–Trinajstić information content (AvgIpc) is 2.43. The number of aromatic nitrogens is 3. The second-order valence-electron chi connectivity index (χ2n) is 3.16. The minimum Gasteiger partial charge on any atom is -0.383 e. The number of rotatable bonds is 1. The van der Waals surface area contributed by atoms with E-state index in [1.807, 2.05) is 17.7 Å². The highest BCUT2D eigenvalue weighted by Gasteiger charge is 2.11. The smallest absolute Gasteiger partial charge is 0.147 e. The van der Waals surface area contributed by atoms with Crippen LogP contribution in [-0.2, 0) is 6.54 Å². The summed E-state index contributed by atoms with van der Waals surface area (Å²) in [5, 5.41) is 0.886. The molecule has 0 aliphatic heterocycles. The maximum atomic E-state index is 5.85. The molecule has 15 heavy (non-hydrogen) atoms. The number of nitrogen functional groups attached to an aromatic ring is 1. The molecule has 4 nitrogen and oxygen atoms in total. The van der Waals surface area contributed by atoms with Crippen LogP contribution in [0.25, 0.3) is 11.0 Å². The van der Waals surface area contributed by atoms with E-state index in [0.717, 1.165) is 14.6 Å². The summed E-state index contributed by atoms with van der Waals surface area (Å²) in [6.45, 7) is 2.31. The third kappa shape index (κ3) is 1.65. The van der Waals surface area contributed by atoms with E-state index in [1.165, 1.54) is 0 Å². The zero-order valence-corrected chi connectivity index (χ0v) is 10.3. The van der Waals surface area contributed by atoms with Gasteiger partial charge in [0, 0.05) is 9.77 Å². The van der Waals surface area contributed by atoms with Crippen LogP contribution >= 0.6 is 22.6 Å². The van der Waals surface area contributed by atoms with Crippen LogP contribution in [0.15, 0.2) is 6.20 Å².